The van der Waals surface area contributed by atoms with Gasteiger partial charge < -0.3 is 31.5 Å². The first-order valence-corrected chi connectivity index (χ1v) is 18.0. The molecule has 4 rings (SSSR count). The first-order chi connectivity index (χ1) is 24.2. The van der Waals surface area contributed by atoms with E-state index in [9.17, 15) is 19.2 Å². The van der Waals surface area contributed by atoms with Crippen LogP contribution in [0.1, 0.15) is 90.6 Å². The zero-order chi connectivity index (χ0) is 37.7. The van der Waals surface area contributed by atoms with Crippen LogP contribution < -0.4 is 26.3 Å². The number of anilines is 1. The van der Waals surface area contributed by atoms with Crippen molar-refractivity contribution in [2.75, 3.05) is 5.73 Å². The van der Waals surface area contributed by atoms with Crippen molar-refractivity contribution in [2.24, 2.45) is 18.9 Å². The van der Waals surface area contributed by atoms with E-state index >= 15 is 0 Å². The number of aryl methyl sites for hydroxylation is 2. The van der Waals surface area contributed by atoms with Crippen LogP contribution >= 0.6 is 0 Å². The van der Waals surface area contributed by atoms with Crippen molar-refractivity contribution in [3.8, 4) is 0 Å². The summed E-state index contributed by atoms with van der Waals surface area (Å²) in [6.45, 7) is 13.3. The van der Waals surface area contributed by atoms with Crippen molar-refractivity contribution in [1.82, 2.24) is 20.9 Å². The monoisotopic (exact) mass is 697 g/mol. The summed E-state index contributed by atoms with van der Waals surface area (Å²) >= 11 is 0. The molecule has 0 saturated carbocycles. The van der Waals surface area contributed by atoms with Crippen LogP contribution in [0.4, 0.5) is 5.69 Å². The second kappa shape index (κ2) is 19.4. The topological polar surface area (TPSA) is 150 Å². The third kappa shape index (κ3) is 11.8. The van der Waals surface area contributed by atoms with Gasteiger partial charge in [0.2, 0.25) is 28.9 Å². The molecular formula is C41H57N6O4+. The molecule has 3 amide bonds. The Balaban J connectivity index is 0.000000276. The summed E-state index contributed by atoms with van der Waals surface area (Å²) in [4.78, 5) is 51.4. The van der Waals surface area contributed by atoms with Crippen LogP contribution in [0.3, 0.4) is 0 Å². The number of pyridine rings is 1. The van der Waals surface area contributed by atoms with Crippen molar-refractivity contribution < 1.29 is 23.7 Å². The first kappa shape index (κ1) is 40.4. The molecule has 0 aliphatic carbocycles. The molecule has 51 heavy (non-hydrogen) atoms. The van der Waals surface area contributed by atoms with Gasteiger partial charge in [-0.2, -0.15) is 4.57 Å². The Morgan fingerprint density at radius 1 is 0.863 bits per heavy atom. The van der Waals surface area contributed by atoms with Crippen molar-refractivity contribution in [3.63, 3.8) is 0 Å². The minimum absolute atomic E-state index is 0.177. The Labute approximate surface area is 302 Å². The van der Waals surface area contributed by atoms with Gasteiger partial charge in [0.25, 0.3) is 0 Å². The maximum atomic E-state index is 12.7. The van der Waals surface area contributed by atoms with Crippen LogP contribution in [-0.2, 0) is 26.2 Å². The second-order valence-electron chi connectivity index (χ2n) is 14.1. The van der Waals surface area contributed by atoms with Gasteiger partial charge in [0.1, 0.15) is 25.4 Å². The van der Waals surface area contributed by atoms with Gasteiger partial charge in [0.05, 0.1) is 17.1 Å². The second-order valence-corrected chi connectivity index (χ2v) is 14.1. The summed E-state index contributed by atoms with van der Waals surface area (Å²) < 4.78 is 2.17. The molecule has 0 aliphatic rings. The van der Waals surface area contributed by atoms with Gasteiger partial charge in [-0.15, -0.1) is 0 Å². The molecule has 4 aromatic rings. The zero-order valence-corrected chi connectivity index (χ0v) is 31.5. The minimum atomic E-state index is -0.745. The molecule has 3 atom stereocenters. The summed E-state index contributed by atoms with van der Waals surface area (Å²) in [6.07, 6.45) is 8.31. The Kier molecular flexibility index (Phi) is 15.4. The number of carbonyl (C=O) groups excluding carboxylic acids is 4. The fourth-order valence-corrected chi connectivity index (χ4v) is 6.13. The van der Waals surface area contributed by atoms with Crippen LogP contribution in [0.25, 0.3) is 34.0 Å². The number of nitrogens with zero attached hydrogens (tertiary/aromatic N) is 1. The lowest BCUT2D eigenvalue weighted by molar-refractivity contribution is -0.646. The van der Waals surface area contributed by atoms with Crippen LogP contribution in [0, 0.1) is 18.8 Å². The molecule has 0 spiro atoms. The quantitative estimate of drug-likeness (QED) is 0.0747. The molecular weight excluding hydrogens is 640 g/mol. The molecule has 10 nitrogen and oxygen atoms in total. The summed E-state index contributed by atoms with van der Waals surface area (Å²) in [6, 6.07) is 16.6. The molecule has 0 fully saturated rings. The zero-order valence-electron chi connectivity index (χ0n) is 31.5. The highest BCUT2D eigenvalue weighted by Crippen LogP contribution is 2.25. The van der Waals surface area contributed by atoms with Gasteiger partial charge in [-0.3, -0.25) is 14.4 Å². The molecule has 0 radical (unpaired) electrons. The van der Waals surface area contributed by atoms with Gasteiger partial charge in [-0.05, 0) is 56.2 Å². The average Bonchev–Trinajstić information content (AvgIpc) is 3.41. The smallest absolute Gasteiger partial charge is 0.243 e. The van der Waals surface area contributed by atoms with Crippen molar-refractivity contribution >= 4 is 63.7 Å². The molecule has 274 valence electrons. The van der Waals surface area contributed by atoms with Crippen LogP contribution in [0.2, 0.25) is 0 Å². The Morgan fingerprint density at radius 2 is 1.45 bits per heavy atom. The van der Waals surface area contributed by atoms with Gasteiger partial charge in [-0.25, -0.2) is 0 Å². The first-order valence-electron chi connectivity index (χ1n) is 18.0. The number of H-pyrrole nitrogens is 1. The lowest BCUT2D eigenvalue weighted by Gasteiger charge is -2.25. The maximum Gasteiger partial charge on any atom is 0.243 e. The summed E-state index contributed by atoms with van der Waals surface area (Å²) in [5.41, 5.74) is 12.8. The molecule has 0 saturated heterocycles. The number of carbonyl (C=O) groups is 4. The number of aromatic amines is 1. The summed E-state index contributed by atoms with van der Waals surface area (Å²) in [5.74, 6) is -0.650. The lowest BCUT2D eigenvalue weighted by atomic mass is 9.99. The van der Waals surface area contributed by atoms with Crippen molar-refractivity contribution in [2.45, 2.75) is 98.7 Å². The normalized spacial score (nSPS) is 13.1. The molecule has 6 N–H and O–H groups in total. The number of nitrogens with two attached hydrogens (primary N) is 1. The number of amides is 3. The third-order valence-corrected chi connectivity index (χ3v) is 8.73. The molecule has 10 heteroatoms. The number of unbranched alkanes of at least 4 members (excludes halogenated alkanes) is 1. The van der Waals surface area contributed by atoms with E-state index in [4.69, 9.17) is 5.73 Å². The number of nitrogen functional groups attached to an aromatic ring is 1. The number of fused-ring (bicyclic) bond motifs is 2. The Morgan fingerprint density at radius 3 is 2.06 bits per heavy atom. The third-order valence-electron chi connectivity index (χ3n) is 8.73. The number of hydrogen-bond donors (Lipinski definition) is 5. The van der Waals surface area contributed by atoms with Crippen molar-refractivity contribution in [1.29, 1.82) is 0 Å². The molecule has 0 bridgehead atoms. The van der Waals surface area contributed by atoms with Gasteiger partial charge >= 0.3 is 0 Å². The van der Waals surface area contributed by atoms with Gasteiger partial charge in [0.15, 0.2) is 0 Å². The molecule has 0 unspecified atom stereocenters. The standard InChI is InChI=1S/C21H19N3.C20H37N3O4/c1-14-16(17-7-3-5-9-20(17)23-14)12-11-15-13-19(22)18-8-4-6-10-21(18)24(15)2;1-7-8-9-16(12-24)22-19(26)18(11-14(4)5)23-20(27)17(10-13(2)3)21-15(6)25/h3-13H,1-2H3,(H2,22,23);12-14,16-18H,7-11H2,1-6H3,(H,21,25)(H,22,26)(H,23,27)/p+1/t;16-,17-,18-/m.0/s1. The fourth-order valence-electron chi connectivity index (χ4n) is 6.13. The number of hydrogen-bond acceptors (Lipinski definition) is 5. The van der Waals surface area contributed by atoms with Gasteiger partial charge in [0, 0.05) is 47.3 Å². The van der Waals surface area contributed by atoms with Crippen molar-refractivity contribution in [3.05, 3.63) is 71.5 Å². The van der Waals surface area contributed by atoms with Crippen LogP contribution in [0.5, 0.6) is 0 Å². The fraction of sp³-hybridized carbons (Fsp3) is 0.439. The van der Waals surface area contributed by atoms with E-state index in [2.05, 4.69) is 88.0 Å². The number of nitrogens with one attached hydrogen (secondary N) is 4. The summed E-state index contributed by atoms with van der Waals surface area (Å²) in [7, 11) is 2.07. The highest BCUT2D eigenvalue weighted by atomic mass is 16.2. The number of aromatic nitrogens is 2. The van der Waals surface area contributed by atoms with Crippen LogP contribution in [0.15, 0.2) is 54.6 Å². The maximum absolute atomic E-state index is 12.7. The Bertz CT molecular complexity index is 1830. The van der Waals surface area contributed by atoms with E-state index in [0.29, 0.717) is 19.3 Å². The lowest BCUT2D eigenvalue weighted by Crippen LogP contribution is -2.55. The SMILES string of the molecule is CCCC[C@@H](C=O)NC(=O)[C@H](CC(C)C)NC(=O)[C@H](CC(C)C)NC(C)=O.Cc1[nH]c2ccccc2c1/C=C/c1cc(N)c2ccccc2[n+]1C. The summed E-state index contributed by atoms with van der Waals surface area (Å²) in [5, 5.41) is 10.5. The van der Waals surface area contributed by atoms with E-state index in [-0.39, 0.29) is 29.6 Å². The van der Waals surface area contributed by atoms with E-state index in [1.165, 1.54) is 23.6 Å². The number of benzene rings is 2. The predicted octanol–water partition coefficient (Wildman–Crippen LogP) is 6.15. The minimum Gasteiger partial charge on any atom is -0.398 e. The molecule has 2 aromatic heterocycles. The van der Waals surface area contributed by atoms with Gasteiger partial charge in [-0.1, -0.05) is 77.8 Å². The van der Waals surface area contributed by atoms with E-state index in [0.717, 1.165) is 46.9 Å². The number of para-hydroxylation sites is 2. The van der Waals surface area contributed by atoms with Crippen LogP contribution in [-0.4, -0.2) is 47.1 Å². The van der Waals surface area contributed by atoms with E-state index < -0.39 is 18.1 Å². The molecule has 2 heterocycles. The number of aldehydes is 1. The Hall–Kier alpha value is -4.99. The molecule has 0 aliphatic heterocycles. The van der Waals surface area contributed by atoms with E-state index in [1.807, 2.05) is 52.8 Å². The highest BCUT2D eigenvalue weighted by Gasteiger charge is 2.28. The highest BCUT2D eigenvalue weighted by molar-refractivity contribution is 5.94. The average molecular weight is 698 g/mol. The van der Waals surface area contributed by atoms with E-state index in [1.54, 1.807) is 0 Å². The largest absolute Gasteiger partial charge is 0.398 e. The predicted molar refractivity (Wildman–Crippen MR) is 207 cm³/mol. The molecule has 2 aromatic carbocycles. The number of rotatable bonds is 15.